The van der Waals surface area contributed by atoms with Gasteiger partial charge in [0.05, 0.1) is 11.4 Å². The minimum Gasteiger partial charge on any atom is -0.356 e. The summed E-state index contributed by atoms with van der Waals surface area (Å²) in [6.45, 7) is 0. The number of nitrogens with zero attached hydrogens (tertiary/aromatic N) is 2. The molecule has 14 aromatic rings. The highest BCUT2D eigenvalue weighted by Crippen LogP contribution is 2.43. The van der Waals surface area contributed by atoms with Gasteiger partial charge in [-0.25, -0.2) is 0 Å². The number of hydrogen-bond acceptors (Lipinski definition) is 4. The zero-order valence-corrected chi connectivity index (χ0v) is 45.2. The molecule has 0 saturated carbocycles. The lowest BCUT2D eigenvalue weighted by Crippen LogP contribution is -2.10. The van der Waals surface area contributed by atoms with Gasteiger partial charge >= 0.3 is 0 Å². The van der Waals surface area contributed by atoms with Gasteiger partial charge in [-0.05, 0) is 164 Å². The van der Waals surface area contributed by atoms with Crippen LogP contribution >= 0.6 is 0 Å². The van der Waals surface area contributed by atoms with Crippen molar-refractivity contribution in [3.05, 3.63) is 340 Å². The molecule has 0 radical (unpaired) electrons. The van der Waals surface area contributed by atoms with Gasteiger partial charge in [-0.2, -0.15) is 0 Å². The van der Waals surface area contributed by atoms with E-state index in [1.54, 1.807) is 0 Å². The van der Waals surface area contributed by atoms with E-state index in [4.69, 9.17) is 0 Å². The van der Waals surface area contributed by atoms with Crippen LogP contribution in [0.1, 0.15) is 0 Å². The highest BCUT2D eigenvalue weighted by molar-refractivity contribution is 6.03. The molecule has 0 unspecified atom stereocenters. The molecular weight excluding hydrogens is 993 g/mol. The van der Waals surface area contributed by atoms with Crippen LogP contribution in [-0.4, -0.2) is 0 Å². The third kappa shape index (κ3) is 10.9. The summed E-state index contributed by atoms with van der Waals surface area (Å²) >= 11 is 0. The fraction of sp³-hybridized carbons (Fsp3) is 0. The van der Waals surface area contributed by atoms with Crippen molar-refractivity contribution >= 4 is 89.2 Å². The monoisotopic (exact) mass is 1050 g/mol. The Kier molecular flexibility index (Phi) is 14.5. The molecule has 0 aliphatic carbocycles. The Balaban J connectivity index is 0.000000159. The smallest absolute Gasteiger partial charge is 0.0540 e. The van der Waals surface area contributed by atoms with E-state index in [2.05, 4.69) is 324 Å². The molecule has 0 aliphatic heterocycles. The summed E-state index contributed by atoms with van der Waals surface area (Å²) in [4.78, 5) is 4.69. The van der Waals surface area contributed by atoms with Crippen LogP contribution in [0.2, 0.25) is 0 Å². The molecule has 0 spiro atoms. The molecule has 0 aromatic heterocycles. The summed E-state index contributed by atoms with van der Waals surface area (Å²) in [5.74, 6) is 0. The van der Waals surface area contributed by atoms with Gasteiger partial charge in [0.15, 0.2) is 0 Å². The van der Waals surface area contributed by atoms with E-state index in [9.17, 15) is 0 Å². The first-order valence-corrected chi connectivity index (χ1v) is 27.9. The summed E-state index contributed by atoms with van der Waals surface area (Å²) in [7, 11) is 0. The van der Waals surface area contributed by atoms with E-state index in [0.717, 1.165) is 56.9 Å². The second kappa shape index (κ2) is 23.6. The second-order valence-corrected chi connectivity index (χ2v) is 20.3. The number of hydrogen-bond donors (Lipinski definition) is 2. The molecule has 0 bridgehead atoms. The van der Waals surface area contributed by atoms with Gasteiger partial charge in [0.2, 0.25) is 0 Å². The molecule has 14 aromatic carbocycles. The molecule has 14 rings (SSSR count). The maximum atomic E-state index is 3.57. The topological polar surface area (TPSA) is 30.5 Å². The first kappa shape index (κ1) is 50.6. The molecule has 4 heteroatoms. The average molecular weight is 1050 g/mol. The maximum Gasteiger partial charge on any atom is 0.0540 e. The van der Waals surface area contributed by atoms with Crippen molar-refractivity contribution in [2.24, 2.45) is 0 Å². The minimum absolute atomic E-state index is 1.07. The molecular formula is C78H58N4. The summed E-state index contributed by atoms with van der Waals surface area (Å²) in [5, 5.41) is 14.4. The standard InChI is InChI=1S/C44H32N2.C34H26N2/c1-3-17-37(18-4-1)45(43-23-11-15-35-13-7-9-21-41(35)43)39-29-25-33(26-30-39)34-27-31-40(32-28-34)46(38-19-5-2-6-20-38)44-24-12-16-36-14-8-10-22-42(36)44;1-3-12-27(13-4-1)35-29-20-18-26(19-21-29)32-23-22-30(36-28-14-5-2-6-15-28)24-34(32)33-17-9-11-25-10-7-8-16-31(25)33/h1-32H;1-24,35-36H. The van der Waals surface area contributed by atoms with Crippen molar-refractivity contribution in [2.45, 2.75) is 0 Å². The molecule has 390 valence electrons. The van der Waals surface area contributed by atoms with E-state index >= 15 is 0 Å². The third-order valence-corrected chi connectivity index (χ3v) is 15.0. The van der Waals surface area contributed by atoms with Gasteiger partial charge in [0.1, 0.15) is 0 Å². The molecule has 0 fully saturated rings. The van der Waals surface area contributed by atoms with Crippen LogP contribution in [-0.2, 0) is 0 Å². The van der Waals surface area contributed by atoms with E-state index in [1.807, 2.05) is 36.4 Å². The number of fused-ring (bicyclic) bond motifs is 3. The molecule has 0 aliphatic rings. The molecule has 0 amide bonds. The van der Waals surface area contributed by atoms with Crippen molar-refractivity contribution in [1.82, 2.24) is 0 Å². The van der Waals surface area contributed by atoms with Crippen molar-refractivity contribution in [3.63, 3.8) is 0 Å². The van der Waals surface area contributed by atoms with Gasteiger partial charge in [-0.3, -0.25) is 0 Å². The highest BCUT2D eigenvalue weighted by Gasteiger charge is 2.18. The van der Waals surface area contributed by atoms with Gasteiger partial charge in [0.25, 0.3) is 0 Å². The van der Waals surface area contributed by atoms with Gasteiger partial charge in [0, 0.05) is 56.3 Å². The fourth-order valence-corrected chi connectivity index (χ4v) is 11.1. The first-order chi connectivity index (χ1) is 40.7. The van der Waals surface area contributed by atoms with Crippen molar-refractivity contribution in [1.29, 1.82) is 0 Å². The molecule has 0 heterocycles. The van der Waals surface area contributed by atoms with Crippen LogP contribution in [0.5, 0.6) is 0 Å². The molecule has 0 atom stereocenters. The van der Waals surface area contributed by atoms with Crippen LogP contribution in [0.15, 0.2) is 340 Å². The number of anilines is 10. The number of rotatable bonds is 13. The van der Waals surface area contributed by atoms with E-state index in [-0.39, 0.29) is 0 Å². The van der Waals surface area contributed by atoms with Crippen LogP contribution < -0.4 is 20.4 Å². The summed E-state index contributed by atoms with van der Waals surface area (Å²) in [6, 6.07) is 120. The SMILES string of the molecule is c1ccc(N(c2ccc(-c3ccc(N(c4ccccc4)c4cccc5ccccc45)cc3)cc2)c2cccc3ccccc23)cc1.c1ccc(Nc2ccc(-c3ccc(Nc4ccccc4)cc3-c3cccc4ccccc34)cc2)cc1. The molecule has 2 N–H and O–H groups in total. The highest BCUT2D eigenvalue weighted by atomic mass is 15.1. The lowest BCUT2D eigenvalue weighted by molar-refractivity contribution is 1.29. The van der Waals surface area contributed by atoms with Gasteiger partial charge in [-0.15, -0.1) is 0 Å². The quantitative estimate of drug-likeness (QED) is 0.120. The van der Waals surface area contributed by atoms with Crippen LogP contribution in [0, 0.1) is 0 Å². The summed E-state index contributed by atoms with van der Waals surface area (Å²) < 4.78 is 0. The zero-order valence-electron chi connectivity index (χ0n) is 45.2. The van der Waals surface area contributed by atoms with Crippen LogP contribution in [0.25, 0.3) is 65.7 Å². The van der Waals surface area contributed by atoms with E-state index in [1.165, 1.54) is 65.7 Å². The lowest BCUT2D eigenvalue weighted by atomic mass is 9.91. The Morgan fingerprint density at radius 3 is 1.02 bits per heavy atom. The second-order valence-electron chi connectivity index (χ2n) is 20.3. The van der Waals surface area contributed by atoms with Gasteiger partial charge < -0.3 is 20.4 Å². The Hall–Kier alpha value is -10.9. The van der Waals surface area contributed by atoms with Crippen molar-refractivity contribution in [3.8, 4) is 33.4 Å². The fourth-order valence-electron chi connectivity index (χ4n) is 11.1. The number of benzene rings is 14. The minimum atomic E-state index is 1.07. The summed E-state index contributed by atoms with van der Waals surface area (Å²) in [5.41, 5.74) is 18.3. The van der Waals surface area contributed by atoms with Crippen LogP contribution in [0.3, 0.4) is 0 Å². The van der Waals surface area contributed by atoms with Crippen LogP contribution in [0.4, 0.5) is 56.9 Å². The third-order valence-electron chi connectivity index (χ3n) is 15.0. The summed E-state index contributed by atoms with van der Waals surface area (Å²) in [6.07, 6.45) is 0. The van der Waals surface area contributed by atoms with Crippen molar-refractivity contribution in [2.75, 3.05) is 20.4 Å². The molecule has 4 nitrogen and oxygen atoms in total. The predicted molar refractivity (Wildman–Crippen MR) is 351 cm³/mol. The zero-order chi connectivity index (χ0) is 54.9. The molecule has 0 saturated heterocycles. The van der Waals surface area contributed by atoms with E-state index in [0.29, 0.717) is 0 Å². The van der Waals surface area contributed by atoms with E-state index < -0.39 is 0 Å². The number of nitrogens with one attached hydrogen (secondary N) is 2. The first-order valence-electron chi connectivity index (χ1n) is 27.9. The Labute approximate surface area is 480 Å². The predicted octanol–water partition coefficient (Wildman–Crippen LogP) is 22.3. The average Bonchev–Trinajstić information content (AvgIpc) is 3.75. The number of para-hydroxylation sites is 4. The van der Waals surface area contributed by atoms with Crippen molar-refractivity contribution < 1.29 is 0 Å². The Morgan fingerprint density at radius 2 is 0.537 bits per heavy atom. The molecule has 82 heavy (non-hydrogen) atoms. The Bertz CT molecular complexity index is 4240. The normalized spacial score (nSPS) is 10.9. The lowest BCUT2D eigenvalue weighted by Gasteiger charge is -2.27. The van der Waals surface area contributed by atoms with Gasteiger partial charge in [-0.1, -0.05) is 231 Å². The maximum absolute atomic E-state index is 3.57. The Morgan fingerprint density at radius 1 is 0.195 bits per heavy atom. The largest absolute Gasteiger partial charge is 0.356 e.